The second kappa shape index (κ2) is 9.96. The molecule has 1 aliphatic rings. The minimum absolute atomic E-state index is 0. The van der Waals surface area contributed by atoms with Gasteiger partial charge < -0.3 is 0 Å². The number of amidine groups is 1. The fourth-order valence-electron chi connectivity index (χ4n) is 3.42. The van der Waals surface area contributed by atoms with Crippen molar-refractivity contribution in [2.75, 3.05) is 17.8 Å². The van der Waals surface area contributed by atoms with E-state index in [1.807, 2.05) is 42.5 Å². The molecular formula is C23H25ClN4O2S. The maximum absolute atomic E-state index is 12.4. The summed E-state index contributed by atoms with van der Waals surface area (Å²) in [7, 11) is -3.45. The van der Waals surface area contributed by atoms with Crippen LogP contribution in [-0.2, 0) is 22.2 Å². The Labute approximate surface area is 189 Å². The number of hydrazine groups is 1. The molecule has 1 heterocycles. The van der Waals surface area contributed by atoms with Gasteiger partial charge in [-0.3, -0.25) is 14.7 Å². The molecule has 0 spiro atoms. The van der Waals surface area contributed by atoms with E-state index in [9.17, 15) is 8.42 Å². The number of aliphatic imine (C=N–C) groups is 1. The molecule has 4 rings (SSSR count). The van der Waals surface area contributed by atoms with Crippen molar-refractivity contribution < 1.29 is 8.42 Å². The van der Waals surface area contributed by atoms with Crippen LogP contribution in [0.2, 0.25) is 0 Å². The van der Waals surface area contributed by atoms with Gasteiger partial charge in [-0.2, -0.15) is 0 Å². The van der Waals surface area contributed by atoms with Crippen LogP contribution in [0.3, 0.4) is 0 Å². The van der Waals surface area contributed by atoms with Gasteiger partial charge in [-0.15, -0.1) is 12.4 Å². The van der Waals surface area contributed by atoms with Crippen molar-refractivity contribution >= 4 is 34.0 Å². The zero-order chi connectivity index (χ0) is 21.0. The van der Waals surface area contributed by atoms with Crippen LogP contribution in [0.15, 0.2) is 83.9 Å². The van der Waals surface area contributed by atoms with Crippen LogP contribution >= 0.6 is 12.4 Å². The number of halogens is 1. The van der Waals surface area contributed by atoms with Gasteiger partial charge in [-0.25, -0.2) is 14.3 Å². The van der Waals surface area contributed by atoms with Crippen LogP contribution in [-0.4, -0.2) is 32.4 Å². The minimum atomic E-state index is -3.45. The van der Waals surface area contributed by atoms with E-state index in [0.717, 1.165) is 42.0 Å². The van der Waals surface area contributed by atoms with E-state index in [4.69, 9.17) is 5.84 Å². The summed E-state index contributed by atoms with van der Waals surface area (Å²) >= 11 is 0. The lowest BCUT2D eigenvalue weighted by Crippen LogP contribution is -2.34. The lowest BCUT2D eigenvalue weighted by Gasteiger charge is -2.13. The average Bonchev–Trinajstić information content (AvgIpc) is 3.16. The van der Waals surface area contributed by atoms with E-state index < -0.39 is 10.0 Å². The monoisotopic (exact) mass is 456 g/mol. The fraction of sp³-hybridized carbons (Fsp3) is 0.174. The second-order valence-electron chi connectivity index (χ2n) is 7.32. The number of sulfonamides is 1. The van der Waals surface area contributed by atoms with E-state index in [1.165, 1.54) is 5.56 Å². The van der Waals surface area contributed by atoms with Crippen molar-refractivity contribution in [3.63, 3.8) is 0 Å². The molecular weight excluding hydrogens is 432 g/mol. The summed E-state index contributed by atoms with van der Waals surface area (Å²) in [5.41, 5.74) is 4.60. The highest BCUT2D eigenvalue weighted by atomic mass is 35.5. The van der Waals surface area contributed by atoms with Crippen molar-refractivity contribution in [2.24, 2.45) is 10.8 Å². The highest BCUT2D eigenvalue weighted by Gasteiger charge is 2.15. The van der Waals surface area contributed by atoms with Gasteiger partial charge in [0.25, 0.3) is 0 Å². The quantitative estimate of drug-likeness (QED) is 0.532. The Bertz CT molecular complexity index is 1130. The van der Waals surface area contributed by atoms with Gasteiger partial charge in [0.2, 0.25) is 10.0 Å². The van der Waals surface area contributed by atoms with Crippen LogP contribution in [0.25, 0.3) is 0 Å². The van der Waals surface area contributed by atoms with Gasteiger partial charge in [0.05, 0.1) is 18.8 Å². The van der Waals surface area contributed by atoms with E-state index in [-0.39, 0.29) is 18.2 Å². The normalized spacial score (nSPS) is 13.5. The number of rotatable bonds is 7. The highest BCUT2D eigenvalue weighted by Crippen LogP contribution is 2.17. The highest BCUT2D eigenvalue weighted by molar-refractivity contribution is 7.91. The minimum Gasteiger partial charge on any atom is -0.293 e. The molecule has 6 nitrogen and oxygen atoms in total. The first-order chi connectivity index (χ1) is 14.5. The summed E-state index contributed by atoms with van der Waals surface area (Å²) in [6.45, 7) is 1.48. The third-order valence-corrected chi connectivity index (χ3v) is 6.18. The number of nitrogens with two attached hydrogens (primary N) is 1. The number of benzene rings is 3. The molecule has 0 saturated carbocycles. The van der Waals surface area contributed by atoms with E-state index in [0.29, 0.717) is 5.69 Å². The molecule has 3 N–H and O–H groups in total. The standard InChI is InChI=1S/C23H24N4O2S.ClH/c24-27-15-14-25-23(27)21-10-6-18(7-11-21)16-19-8-12-22(13-9-19)26-30(28,29)17-20-4-2-1-3-5-20;/h1-13,26H,14-17,24H2;1H. The summed E-state index contributed by atoms with van der Waals surface area (Å²) in [4.78, 5) is 4.43. The Morgan fingerprint density at radius 2 is 1.48 bits per heavy atom. The summed E-state index contributed by atoms with van der Waals surface area (Å²) in [6, 6.07) is 24.8. The molecule has 0 radical (unpaired) electrons. The molecule has 31 heavy (non-hydrogen) atoms. The van der Waals surface area contributed by atoms with Crippen LogP contribution in [0.1, 0.15) is 22.3 Å². The Hall–Kier alpha value is -2.87. The van der Waals surface area contributed by atoms with Crippen LogP contribution in [0.5, 0.6) is 0 Å². The third-order valence-electron chi connectivity index (χ3n) is 4.92. The molecule has 0 amide bonds. The fourth-order valence-corrected chi connectivity index (χ4v) is 4.62. The molecule has 0 unspecified atom stereocenters. The summed E-state index contributed by atoms with van der Waals surface area (Å²) in [5.74, 6) is 6.71. The lowest BCUT2D eigenvalue weighted by molar-refractivity contribution is 0.484. The maximum atomic E-state index is 12.4. The lowest BCUT2D eigenvalue weighted by atomic mass is 10.0. The van der Waals surface area contributed by atoms with Crippen molar-refractivity contribution in [2.45, 2.75) is 12.2 Å². The summed E-state index contributed by atoms with van der Waals surface area (Å²) in [6.07, 6.45) is 0.760. The van der Waals surface area contributed by atoms with Crippen molar-refractivity contribution in [3.8, 4) is 0 Å². The Morgan fingerprint density at radius 1 is 0.871 bits per heavy atom. The smallest absolute Gasteiger partial charge is 0.236 e. The number of anilines is 1. The van der Waals surface area contributed by atoms with Crippen molar-refractivity contribution in [1.82, 2.24) is 5.01 Å². The van der Waals surface area contributed by atoms with E-state index in [2.05, 4.69) is 21.8 Å². The molecule has 0 atom stereocenters. The van der Waals surface area contributed by atoms with Crippen molar-refractivity contribution in [3.05, 3.63) is 101 Å². The first kappa shape index (κ1) is 22.8. The maximum Gasteiger partial charge on any atom is 0.236 e. The van der Waals surface area contributed by atoms with Crippen molar-refractivity contribution in [1.29, 1.82) is 0 Å². The van der Waals surface area contributed by atoms with Gasteiger partial charge in [0.15, 0.2) is 0 Å². The zero-order valence-corrected chi connectivity index (χ0v) is 18.6. The Morgan fingerprint density at radius 3 is 2.06 bits per heavy atom. The van der Waals surface area contributed by atoms with Crippen LogP contribution < -0.4 is 10.6 Å². The predicted molar refractivity (Wildman–Crippen MR) is 128 cm³/mol. The van der Waals surface area contributed by atoms with Gasteiger partial charge >= 0.3 is 0 Å². The number of nitrogens with zero attached hydrogens (tertiary/aromatic N) is 2. The van der Waals surface area contributed by atoms with Crippen LogP contribution in [0, 0.1) is 0 Å². The molecule has 162 valence electrons. The Balaban J connectivity index is 0.00000272. The third kappa shape index (κ3) is 6.07. The summed E-state index contributed by atoms with van der Waals surface area (Å²) < 4.78 is 27.4. The molecule has 8 heteroatoms. The number of hydrogen-bond donors (Lipinski definition) is 2. The summed E-state index contributed by atoms with van der Waals surface area (Å²) in [5, 5.41) is 1.67. The second-order valence-corrected chi connectivity index (χ2v) is 9.04. The molecule has 0 saturated heterocycles. The first-order valence-electron chi connectivity index (χ1n) is 9.78. The van der Waals surface area contributed by atoms with Gasteiger partial charge in [-0.05, 0) is 35.2 Å². The number of hydrogen-bond acceptors (Lipinski definition) is 5. The van der Waals surface area contributed by atoms with Crippen LogP contribution in [0.4, 0.5) is 5.69 Å². The predicted octanol–water partition coefficient (Wildman–Crippen LogP) is 3.58. The topological polar surface area (TPSA) is 87.8 Å². The van der Waals surface area contributed by atoms with Gasteiger partial charge in [0, 0.05) is 11.3 Å². The van der Waals surface area contributed by atoms with E-state index >= 15 is 0 Å². The molecule has 3 aromatic rings. The Kier molecular flexibility index (Phi) is 7.33. The van der Waals surface area contributed by atoms with E-state index in [1.54, 1.807) is 29.3 Å². The molecule has 0 aliphatic carbocycles. The SMILES string of the molecule is Cl.NN1CCN=C1c1ccc(Cc2ccc(NS(=O)(=O)Cc3ccccc3)cc2)cc1. The molecule has 3 aromatic carbocycles. The van der Waals surface area contributed by atoms with Gasteiger partial charge in [-0.1, -0.05) is 66.7 Å². The molecule has 0 aromatic heterocycles. The number of nitrogens with one attached hydrogen (secondary N) is 1. The molecule has 0 fully saturated rings. The average molecular weight is 457 g/mol. The first-order valence-corrected chi connectivity index (χ1v) is 11.4. The molecule has 0 bridgehead atoms. The molecule has 1 aliphatic heterocycles. The zero-order valence-electron chi connectivity index (χ0n) is 16.9. The van der Waals surface area contributed by atoms with Gasteiger partial charge in [0.1, 0.15) is 5.84 Å². The largest absolute Gasteiger partial charge is 0.293 e.